The number of benzene rings is 1. The topological polar surface area (TPSA) is 108 Å². The summed E-state index contributed by atoms with van der Waals surface area (Å²) in [5.74, 6) is -0.835. The van der Waals surface area contributed by atoms with Crippen molar-refractivity contribution in [3.63, 3.8) is 0 Å². The summed E-state index contributed by atoms with van der Waals surface area (Å²) in [7, 11) is 0. The number of alkyl carbamates (subject to hydrolysis) is 1. The van der Waals surface area contributed by atoms with E-state index in [2.05, 4.69) is 17.6 Å². The van der Waals surface area contributed by atoms with Gasteiger partial charge in [0, 0.05) is 12.1 Å². The summed E-state index contributed by atoms with van der Waals surface area (Å²) in [5.41, 5.74) is 1.37. The Hall–Kier alpha value is -2.61. The van der Waals surface area contributed by atoms with E-state index < -0.39 is 41.8 Å². The average Bonchev–Trinajstić information content (AvgIpc) is 2.77. The number of ether oxygens (including phenoxy) is 1. The van der Waals surface area contributed by atoms with Gasteiger partial charge >= 0.3 is 6.09 Å². The number of hydrogen-bond donors (Lipinski definition) is 3. The molecule has 1 aromatic carbocycles. The molecule has 0 heterocycles. The van der Waals surface area contributed by atoms with Crippen LogP contribution in [0.2, 0.25) is 0 Å². The van der Waals surface area contributed by atoms with Gasteiger partial charge in [0.25, 0.3) is 0 Å². The molecule has 0 bridgehead atoms. The zero-order valence-electron chi connectivity index (χ0n) is 25.1. The standard InChI is InChI=1S/C30H51N3O5/c1-10-11-12-13-14-15-18-33(27(36)24(20-34)31-28(37)38-30(7,8)9)25(26(35)32-29(4,5)6)23-17-16-21(2)19-22(23)3/h16-17,19,24-25,34H,10-15,18,20H2,1-9H3,(H,31,37)(H,32,35). The molecule has 1 aromatic rings. The summed E-state index contributed by atoms with van der Waals surface area (Å²) in [5, 5.41) is 15.7. The highest BCUT2D eigenvalue weighted by Gasteiger charge is 2.37. The van der Waals surface area contributed by atoms with Crippen LogP contribution < -0.4 is 10.6 Å². The molecule has 8 heteroatoms. The molecule has 0 saturated carbocycles. The summed E-state index contributed by atoms with van der Waals surface area (Å²) < 4.78 is 5.32. The van der Waals surface area contributed by atoms with E-state index in [0.717, 1.165) is 43.2 Å². The molecular formula is C30H51N3O5. The average molecular weight is 534 g/mol. The number of nitrogens with zero attached hydrogens (tertiary/aromatic N) is 1. The van der Waals surface area contributed by atoms with E-state index in [9.17, 15) is 19.5 Å². The fraction of sp³-hybridized carbons (Fsp3) is 0.700. The van der Waals surface area contributed by atoms with Crippen molar-refractivity contribution in [3.05, 3.63) is 34.9 Å². The minimum absolute atomic E-state index is 0.308. The molecule has 2 atom stereocenters. The second kappa shape index (κ2) is 15.1. The largest absolute Gasteiger partial charge is 0.444 e. The van der Waals surface area contributed by atoms with Crippen molar-refractivity contribution in [1.82, 2.24) is 15.5 Å². The highest BCUT2D eigenvalue weighted by Crippen LogP contribution is 2.28. The molecule has 3 N–H and O–H groups in total. The third kappa shape index (κ3) is 11.8. The van der Waals surface area contributed by atoms with Crippen LogP contribution in [0.1, 0.15) is 110 Å². The third-order valence-electron chi connectivity index (χ3n) is 5.99. The number of nitrogens with one attached hydrogen (secondary N) is 2. The second-order valence-electron chi connectivity index (χ2n) is 12.2. The number of aliphatic hydroxyl groups excluding tert-OH is 1. The van der Waals surface area contributed by atoms with Crippen LogP contribution in [0.5, 0.6) is 0 Å². The molecular weight excluding hydrogens is 482 g/mol. The van der Waals surface area contributed by atoms with Crippen molar-refractivity contribution in [3.8, 4) is 0 Å². The van der Waals surface area contributed by atoms with Crippen molar-refractivity contribution in [2.45, 2.75) is 124 Å². The van der Waals surface area contributed by atoms with Crippen molar-refractivity contribution in [2.75, 3.05) is 13.2 Å². The zero-order chi connectivity index (χ0) is 29.1. The normalized spacial score (nSPS) is 13.4. The van der Waals surface area contributed by atoms with Crippen LogP contribution in [0.3, 0.4) is 0 Å². The maximum atomic E-state index is 13.9. The zero-order valence-corrected chi connectivity index (χ0v) is 25.1. The number of amides is 3. The Labute approximate surface area is 229 Å². The molecule has 0 aromatic heterocycles. The summed E-state index contributed by atoms with van der Waals surface area (Å²) in [6.45, 7) is 16.6. The lowest BCUT2D eigenvalue weighted by Gasteiger charge is -2.36. The van der Waals surface area contributed by atoms with E-state index >= 15 is 0 Å². The summed E-state index contributed by atoms with van der Waals surface area (Å²) >= 11 is 0. The highest BCUT2D eigenvalue weighted by atomic mass is 16.6. The van der Waals surface area contributed by atoms with E-state index in [1.807, 2.05) is 52.8 Å². The molecule has 216 valence electrons. The molecule has 0 spiro atoms. The number of carbonyl (C=O) groups is 3. The van der Waals surface area contributed by atoms with Crippen LogP contribution in [0.4, 0.5) is 4.79 Å². The maximum Gasteiger partial charge on any atom is 0.408 e. The third-order valence-corrected chi connectivity index (χ3v) is 5.99. The number of unbranched alkanes of at least 4 members (excludes halogenated alkanes) is 5. The Bertz CT molecular complexity index is 917. The second-order valence-corrected chi connectivity index (χ2v) is 12.2. The van der Waals surface area contributed by atoms with E-state index in [1.165, 1.54) is 4.90 Å². The monoisotopic (exact) mass is 533 g/mol. The molecule has 0 fully saturated rings. The first kappa shape index (κ1) is 33.4. The molecule has 2 unspecified atom stereocenters. The fourth-order valence-electron chi connectivity index (χ4n) is 4.29. The van der Waals surface area contributed by atoms with Crippen molar-refractivity contribution >= 4 is 17.9 Å². The Balaban J connectivity index is 3.44. The Morgan fingerprint density at radius 3 is 2.11 bits per heavy atom. The summed E-state index contributed by atoms with van der Waals surface area (Å²) in [6.07, 6.45) is 5.27. The minimum atomic E-state index is -1.25. The lowest BCUT2D eigenvalue weighted by Crippen LogP contribution is -2.56. The predicted octanol–water partition coefficient (Wildman–Crippen LogP) is 5.33. The Kier molecular flexibility index (Phi) is 13.3. The molecule has 3 amide bonds. The van der Waals surface area contributed by atoms with Gasteiger partial charge in [-0.05, 0) is 72.9 Å². The SMILES string of the molecule is CCCCCCCCN(C(=O)C(CO)NC(=O)OC(C)(C)C)C(C(=O)NC(C)(C)C)c1ccc(C)cc1C. The van der Waals surface area contributed by atoms with E-state index in [-0.39, 0.29) is 5.91 Å². The van der Waals surface area contributed by atoms with E-state index in [0.29, 0.717) is 18.5 Å². The van der Waals surface area contributed by atoms with Crippen LogP contribution in [0.25, 0.3) is 0 Å². The molecule has 0 aliphatic carbocycles. The van der Waals surface area contributed by atoms with Crippen molar-refractivity contribution < 1.29 is 24.2 Å². The van der Waals surface area contributed by atoms with E-state index in [1.54, 1.807) is 20.8 Å². The van der Waals surface area contributed by atoms with Gasteiger partial charge in [0.2, 0.25) is 11.8 Å². The van der Waals surface area contributed by atoms with Crippen LogP contribution in [-0.4, -0.2) is 58.2 Å². The van der Waals surface area contributed by atoms with Crippen LogP contribution in [0, 0.1) is 13.8 Å². The summed E-state index contributed by atoms with van der Waals surface area (Å²) in [4.78, 5) is 41.7. The molecule has 0 radical (unpaired) electrons. The van der Waals surface area contributed by atoms with Crippen molar-refractivity contribution in [2.24, 2.45) is 0 Å². The summed E-state index contributed by atoms with van der Waals surface area (Å²) in [6, 6.07) is 3.63. The number of aryl methyl sites for hydroxylation is 2. The van der Waals surface area contributed by atoms with Gasteiger partial charge in [0.15, 0.2) is 0 Å². The number of aliphatic hydroxyl groups is 1. The molecule has 8 nitrogen and oxygen atoms in total. The van der Waals surface area contributed by atoms with E-state index in [4.69, 9.17) is 4.74 Å². The first-order valence-electron chi connectivity index (χ1n) is 13.9. The smallest absolute Gasteiger partial charge is 0.408 e. The van der Waals surface area contributed by atoms with Crippen LogP contribution >= 0.6 is 0 Å². The predicted molar refractivity (Wildman–Crippen MR) is 152 cm³/mol. The van der Waals surface area contributed by atoms with Gasteiger partial charge in [-0.15, -0.1) is 0 Å². The van der Waals surface area contributed by atoms with Gasteiger partial charge in [-0.3, -0.25) is 9.59 Å². The first-order chi connectivity index (χ1) is 17.6. The molecule has 0 saturated heterocycles. The molecule has 1 rings (SSSR count). The number of carbonyl (C=O) groups excluding carboxylic acids is 3. The lowest BCUT2D eigenvalue weighted by atomic mass is 9.95. The first-order valence-corrected chi connectivity index (χ1v) is 13.9. The number of rotatable bonds is 13. The molecule has 0 aliphatic heterocycles. The fourth-order valence-corrected chi connectivity index (χ4v) is 4.29. The van der Waals surface area contributed by atoms with Crippen LogP contribution in [0.15, 0.2) is 18.2 Å². The van der Waals surface area contributed by atoms with Gasteiger partial charge in [-0.1, -0.05) is 62.8 Å². The minimum Gasteiger partial charge on any atom is -0.444 e. The Morgan fingerprint density at radius 1 is 0.974 bits per heavy atom. The quantitative estimate of drug-likeness (QED) is 0.297. The van der Waals surface area contributed by atoms with Gasteiger partial charge in [0.05, 0.1) is 6.61 Å². The molecule has 38 heavy (non-hydrogen) atoms. The van der Waals surface area contributed by atoms with Crippen molar-refractivity contribution in [1.29, 1.82) is 0 Å². The van der Waals surface area contributed by atoms with Gasteiger partial charge in [-0.2, -0.15) is 0 Å². The van der Waals surface area contributed by atoms with Crippen LogP contribution in [-0.2, 0) is 14.3 Å². The molecule has 0 aliphatic rings. The Morgan fingerprint density at radius 2 is 1.58 bits per heavy atom. The van der Waals surface area contributed by atoms with Gasteiger partial charge in [0.1, 0.15) is 17.7 Å². The van der Waals surface area contributed by atoms with Gasteiger partial charge < -0.3 is 25.4 Å². The van der Waals surface area contributed by atoms with Gasteiger partial charge in [-0.25, -0.2) is 4.79 Å². The number of hydrogen-bond acceptors (Lipinski definition) is 5. The maximum absolute atomic E-state index is 13.9. The lowest BCUT2D eigenvalue weighted by molar-refractivity contribution is -0.144. The highest BCUT2D eigenvalue weighted by molar-refractivity contribution is 5.92.